The van der Waals surface area contributed by atoms with E-state index < -0.39 is 0 Å². The predicted molar refractivity (Wildman–Crippen MR) is 145 cm³/mol. The van der Waals surface area contributed by atoms with E-state index in [0.717, 1.165) is 39.7 Å². The minimum Gasteiger partial charge on any atom is -0.310 e. The number of anilines is 6. The lowest BCUT2D eigenvalue weighted by molar-refractivity contribution is 0.628. The van der Waals surface area contributed by atoms with Gasteiger partial charge in [0.05, 0.1) is 0 Å². The zero-order valence-electron chi connectivity index (χ0n) is 19.9. The van der Waals surface area contributed by atoms with Crippen molar-refractivity contribution in [3.63, 3.8) is 0 Å². The van der Waals surface area contributed by atoms with E-state index in [9.17, 15) is 4.39 Å². The van der Waals surface area contributed by atoms with Gasteiger partial charge in [0, 0.05) is 34.1 Å². The smallest absolute Gasteiger partial charge is 0.123 e. The third-order valence-electron chi connectivity index (χ3n) is 6.09. The summed E-state index contributed by atoms with van der Waals surface area (Å²) in [7, 11) is 0. The standard InChI is InChI=1S/C32H27FN2/c1-24-13-17-29(18-14-24)34(27-9-5-3-6-10-27)31-21-22-32(25(2)23-31)35(28-11-7-4-8-12-28)30-19-15-26(33)16-20-30/h3-23H,1-2H3. The minimum absolute atomic E-state index is 0.245. The second-order valence-corrected chi connectivity index (χ2v) is 8.62. The fraction of sp³-hybridized carbons (Fsp3) is 0.0625. The number of hydrogen-bond donors (Lipinski definition) is 0. The monoisotopic (exact) mass is 458 g/mol. The fourth-order valence-corrected chi connectivity index (χ4v) is 4.34. The van der Waals surface area contributed by atoms with Crippen LogP contribution in [0.5, 0.6) is 0 Å². The summed E-state index contributed by atoms with van der Waals surface area (Å²) in [5.74, 6) is -0.245. The molecular formula is C32H27FN2. The van der Waals surface area contributed by atoms with E-state index in [1.807, 2.05) is 36.4 Å². The molecule has 0 bridgehead atoms. The highest BCUT2D eigenvalue weighted by Crippen LogP contribution is 2.40. The Morgan fingerprint density at radius 2 is 0.914 bits per heavy atom. The molecule has 0 aromatic heterocycles. The van der Waals surface area contributed by atoms with Crippen molar-refractivity contribution in [2.24, 2.45) is 0 Å². The van der Waals surface area contributed by atoms with Crippen LogP contribution >= 0.6 is 0 Å². The Kier molecular flexibility index (Phi) is 6.32. The van der Waals surface area contributed by atoms with Crippen molar-refractivity contribution >= 4 is 34.1 Å². The fourth-order valence-electron chi connectivity index (χ4n) is 4.34. The van der Waals surface area contributed by atoms with Crippen molar-refractivity contribution < 1.29 is 4.39 Å². The maximum absolute atomic E-state index is 13.7. The summed E-state index contributed by atoms with van der Waals surface area (Å²) < 4.78 is 13.7. The number of nitrogens with zero attached hydrogens (tertiary/aromatic N) is 2. The van der Waals surface area contributed by atoms with Crippen molar-refractivity contribution in [1.82, 2.24) is 0 Å². The summed E-state index contributed by atoms with van der Waals surface area (Å²) in [6.45, 7) is 4.22. The highest BCUT2D eigenvalue weighted by atomic mass is 19.1. The van der Waals surface area contributed by atoms with Crippen LogP contribution in [0.4, 0.5) is 38.5 Å². The van der Waals surface area contributed by atoms with Gasteiger partial charge in [0.25, 0.3) is 0 Å². The SMILES string of the molecule is Cc1ccc(N(c2ccccc2)c2ccc(N(c3ccccc3)c3ccc(F)cc3)c(C)c2)cc1. The number of para-hydroxylation sites is 2. The molecule has 0 radical (unpaired) electrons. The highest BCUT2D eigenvalue weighted by Gasteiger charge is 2.18. The Balaban J connectivity index is 1.62. The second kappa shape index (κ2) is 9.86. The van der Waals surface area contributed by atoms with Crippen LogP contribution in [0.3, 0.4) is 0 Å². The molecule has 0 aliphatic carbocycles. The first-order valence-electron chi connectivity index (χ1n) is 11.7. The van der Waals surface area contributed by atoms with E-state index >= 15 is 0 Å². The zero-order valence-corrected chi connectivity index (χ0v) is 19.9. The highest BCUT2D eigenvalue weighted by molar-refractivity contribution is 5.82. The molecule has 35 heavy (non-hydrogen) atoms. The molecule has 5 aromatic carbocycles. The number of aryl methyl sites for hydroxylation is 2. The van der Waals surface area contributed by atoms with Crippen LogP contribution in [0.1, 0.15) is 11.1 Å². The van der Waals surface area contributed by atoms with Gasteiger partial charge in [-0.3, -0.25) is 0 Å². The third kappa shape index (κ3) is 4.80. The second-order valence-electron chi connectivity index (χ2n) is 8.62. The Morgan fingerprint density at radius 3 is 1.49 bits per heavy atom. The predicted octanol–water partition coefficient (Wildman–Crippen LogP) is 9.38. The lowest BCUT2D eigenvalue weighted by Gasteiger charge is -2.30. The van der Waals surface area contributed by atoms with Crippen LogP contribution in [0.15, 0.2) is 127 Å². The van der Waals surface area contributed by atoms with E-state index in [0.29, 0.717) is 0 Å². The summed E-state index contributed by atoms with van der Waals surface area (Å²) in [5, 5.41) is 0. The van der Waals surface area contributed by atoms with Crippen LogP contribution in [0.2, 0.25) is 0 Å². The topological polar surface area (TPSA) is 6.48 Å². The van der Waals surface area contributed by atoms with Crippen LogP contribution in [0.25, 0.3) is 0 Å². The number of halogens is 1. The van der Waals surface area contributed by atoms with Crippen molar-refractivity contribution in [3.8, 4) is 0 Å². The zero-order chi connectivity index (χ0) is 24.2. The molecule has 0 spiro atoms. The van der Waals surface area contributed by atoms with Gasteiger partial charge in [-0.2, -0.15) is 0 Å². The van der Waals surface area contributed by atoms with Gasteiger partial charge < -0.3 is 9.80 Å². The van der Waals surface area contributed by atoms with Gasteiger partial charge in [-0.05, 0) is 98.3 Å². The Labute approximate surface area is 206 Å². The minimum atomic E-state index is -0.245. The number of rotatable bonds is 6. The van der Waals surface area contributed by atoms with Gasteiger partial charge in [-0.1, -0.05) is 54.1 Å². The Hall–Kier alpha value is -4.37. The summed E-state index contributed by atoms with van der Waals surface area (Å²) in [6, 6.07) is 42.3. The van der Waals surface area contributed by atoms with Crippen LogP contribution in [-0.4, -0.2) is 0 Å². The molecule has 0 atom stereocenters. The first-order valence-corrected chi connectivity index (χ1v) is 11.7. The molecular weight excluding hydrogens is 431 g/mol. The Bertz CT molecular complexity index is 1400. The molecule has 0 fully saturated rings. The van der Waals surface area contributed by atoms with Gasteiger partial charge in [-0.25, -0.2) is 4.39 Å². The van der Waals surface area contributed by atoms with Gasteiger partial charge in [0.15, 0.2) is 0 Å². The summed E-state index contributed by atoms with van der Waals surface area (Å²) in [4.78, 5) is 4.43. The molecule has 172 valence electrons. The summed E-state index contributed by atoms with van der Waals surface area (Å²) >= 11 is 0. The molecule has 3 heteroatoms. The van der Waals surface area contributed by atoms with Crippen LogP contribution in [-0.2, 0) is 0 Å². The maximum Gasteiger partial charge on any atom is 0.123 e. The largest absolute Gasteiger partial charge is 0.310 e. The van der Waals surface area contributed by atoms with Gasteiger partial charge in [0.1, 0.15) is 5.82 Å². The van der Waals surface area contributed by atoms with Gasteiger partial charge >= 0.3 is 0 Å². The van der Waals surface area contributed by atoms with Crippen LogP contribution < -0.4 is 9.80 Å². The van der Waals surface area contributed by atoms with Crippen molar-refractivity contribution in [2.45, 2.75) is 13.8 Å². The first kappa shape index (κ1) is 22.4. The van der Waals surface area contributed by atoms with Gasteiger partial charge in [0.2, 0.25) is 0 Å². The van der Waals surface area contributed by atoms with Crippen molar-refractivity contribution in [3.05, 3.63) is 144 Å². The van der Waals surface area contributed by atoms with E-state index in [1.165, 1.54) is 17.7 Å². The van der Waals surface area contributed by atoms with Crippen LogP contribution in [0, 0.1) is 19.7 Å². The molecule has 0 aliphatic heterocycles. The normalized spacial score (nSPS) is 10.7. The molecule has 2 nitrogen and oxygen atoms in total. The summed E-state index contributed by atoms with van der Waals surface area (Å²) in [5.41, 5.74) is 8.60. The Morgan fingerprint density at radius 1 is 0.457 bits per heavy atom. The molecule has 0 amide bonds. The quantitative estimate of drug-likeness (QED) is 0.250. The van der Waals surface area contributed by atoms with Crippen molar-refractivity contribution in [2.75, 3.05) is 9.80 Å². The summed E-state index contributed by atoms with van der Waals surface area (Å²) in [6.07, 6.45) is 0. The molecule has 5 aromatic rings. The van der Waals surface area contributed by atoms with E-state index in [4.69, 9.17) is 0 Å². The molecule has 0 saturated heterocycles. The van der Waals surface area contributed by atoms with E-state index in [-0.39, 0.29) is 5.82 Å². The van der Waals surface area contributed by atoms with E-state index in [1.54, 1.807) is 0 Å². The molecule has 5 rings (SSSR count). The molecule has 0 aliphatic rings. The lowest BCUT2D eigenvalue weighted by atomic mass is 10.1. The van der Waals surface area contributed by atoms with E-state index in [2.05, 4.69) is 103 Å². The third-order valence-corrected chi connectivity index (χ3v) is 6.09. The number of benzene rings is 5. The first-order chi connectivity index (χ1) is 17.1. The lowest BCUT2D eigenvalue weighted by Crippen LogP contribution is -2.13. The molecule has 0 saturated carbocycles. The molecule has 0 heterocycles. The van der Waals surface area contributed by atoms with Gasteiger partial charge in [-0.15, -0.1) is 0 Å². The molecule has 0 unspecified atom stereocenters. The molecule has 0 N–H and O–H groups in total. The average Bonchev–Trinajstić information content (AvgIpc) is 2.89. The van der Waals surface area contributed by atoms with Crippen molar-refractivity contribution in [1.29, 1.82) is 0 Å². The maximum atomic E-state index is 13.7. The number of hydrogen-bond acceptors (Lipinski definition) is 2. The average molecular weight is 459 g/mol.